The Balaban J connectivity index is 2.52. The average molecular weight is 206 g/mol. The van der Waals surface area contributed by atoms with E-state index in [2.05, 4.69) is 24.4 Å². The van der Waals surface area contributed by atoms with Crippen LogP contribution in [-0.2, 0) is 0 Å². The van der Waals surface area contributed by atoms with Gasteiger partial charge < -0.3 is 9.85 Å². The molecule has 2 rings (SSSR count). The van der Waals surface area contributed by atoms with Crippen LogP contribution in [0.4, 0.5) is 5.69 Å². The lowest BCUT2D eigenvalue weighted by atomic mass is 10.0. The molecule has 1 aromatic carbocycles. The average Bonchev–Trinajstić information content (AvgIpc) is 2.50. The maximum absolute atomic E-state index is 12.5. The van der Waals surface area contributed by atoms with Crippen molar-refractivity contribution in [3.8, 4) is 0 Å². The number of aryl methyl sites for hydroxylation is 3. The molecule has 1 N–H and O–H groups in total. The first-order valence-corrected chi connectivity index (χ1v) is 5.40. The fraction of sp³-hybridized carbons (Fsp3) is 0.500. The summed E-state index contributed by atoms with van der Waals surface area (Å²) in [4.78, 5) is 0. The smallest absolute Gasteiger partial charge is 0.139 e. The number of hydrogen-bond donors (Lipinski definition) is 1. The van der Waals surface area contributed by atoms with Gasteiger partial charge in [0.05, 0.1) is 13.1 Å². The molecule has 0 aromatic heterocycles. The van der Waals surface area contributed by atoms with Gasteiger partial charge in [0.25, 0.3) is 0 Å². The SMILES string of the molecule is Cc1cc(C)c([N+]2([O-])CCNC2)c(C)c1. The molecule has 0 amide bonds. The van der Waals surface area contributed by atoms with Crippen LogP contribution in [0.3, 0.4) is 0 Å². The molecule has 1 heterocycles. The number of quaternary nitrogens is 1. The van der Waals surface area contributed by atoms with Gasteiger partial charge in [-0.25, -0.2) is 0 Å². The van der Waals surface area contributed by atoms with Crippen LogP contribution in [0.2, 0.25) is 0 Å². The van der Waals surface area contributed by atoms with Crippen molar-refractivity contribution >= 4 is 5.69 Å². The zero-order chi connectivity index (χ0) is 11.1. The molecular formula is C12H18N2O. The number of nitrogens with zero attached hydrogens (tertiary/aromatic N) is 1. The summed E-state index contributed by atoms with van der Waals surface area (Å²) in [5.41, 5.74) is 4.41. The van der Waals surface area contributed by atoms with Gasteiger partial charge >= 0.3 is 0 Å². The second kappa shape index (κ2) is 3.59. The summed E-state index contributed by atoms with van der Waals surface area (Å²) in [6.07, 6.45) is 0. The van der Waals surface area contributed by atoms with Crippen molar-refractivity contribution in [1.29, 1.82) is 0 Å². The van der Waals surface area contributed by atoms with Gasteiger partial charge in [0, 0.05) is 11.1 Å². The van der Waals surface area contributed by atoms with Gasteiger partial charge in [-0.05, 0) is 20.8 Å². The van der Waals surface area contributed by atoms with Crippen molar-refractivity contribution in [2.24, 2.45) is 0 Å². The maximum atomic E-state index is 12.5. The van der Waals surface area contributed by atoms with Gasteiger partial charge in [0.15, 0.2) is 0 Å². The third-order valence-corrected chi connectivity index (χ3v) is 3.06. The summed E-state index contributed by atoms with van der Waals surface area (Å²) >= 11 is 0. The summed E-state index contributed by atoms with van der Waals surface area (Å²) < 4.78 is -0.210. The van der Waals surface area contributed by atoms with E-state index in [0.29, 0.717) is 13.2 Å². The standard InChI is InChI=1S/C12H18N2O/c1-9-6-10(2)12(11(3)7-9)14(15)5-4-13-8-14/h6-7,13H,4-5,8H2,1-3H3. The highest BCUT2D eigenvalue weighted by molar-refractivity contribution is 5.58. The van der Waals surface area contributed by atoms with Crippen LogP contribution in [0.5, 0.6) is 0 Å². The van der Waals surface area contributed by atoms with Crippen LogP contribution in [0.15, 0.2) is 12.1 Å². The zero-order valence-corrected chi connectivity index (χ0v) is 9.63. The van der Waals surface area contributed by atoms with Gasteiger partial charge in [0.2, 0.25) is 0 Å². The molecule has 3 heteroatoms. The lowest BCUT2D eigenvalue weighted by Gasteiger charge is -2.39. The quantitative estimate of drug-likeness (QED) is 0.563. The molecule has 1 saturated heterocycles. The van der Waals surface area contributed by atoms with E-state index in [0.717, 1.165) is 23.4 Å². The molecule has 0 bridgehead atoms. The largest absolute Gasteiger partial charge is 0.626 e. The van der Waals surface area contributed by atoms with Crippen LogP contribution >= 0.6 is 0 Å². The Morgan fingerprint density at radius 1 is 1.20 bits per heavy atom. The molecule has 82 valence electrons. The molecule has 1 aliphatic rings. The van der Waals surface area contributed by atoms with Gasteiger partial charge in [0.1, 0.15) is 12.4 Å². The first kappa shape index (κ1) is 10.6. The Hall–Kier alpha value is -0.900. The minimum Gasteiger partial charge on any atom is -0.626 e. The van der Waals surface area contributed by atoms with E-state index in [4.69, 9.17) is 0 Å². The summed E-state index contributed by atoms with van der Waals surface area (Å²) in [7, 11) is 0. The predicted octanol–water partition coefficient (Wildman–Crippen LogP) is 1.98. The van der Waals surface area contributed by atoms with E-state index >= 15 is 0 Å². The van der Waals surface area contributed by atoms with Crippen LogP contribution in [0.25, 0.3) is 0 Å². The molecule has 1 atom stereocenters. The van der Waals surface area contributed by atoms with Gasteiger partial charge in [-0.15, -0.1) is 0 Å². The van der Waals surface area contributed by atoms with Crippen molar-refractivity contribution in [3.05, 3.63) is 34.0 Å². The predicted molar refractivity (Wildman–Crippen MR) is 63.6 cm³/mol. The second-order valence-corrected chi connectivity index (χ2v) is 4.52. The van der Waals surface area contributed by atoms with Crippen molar-refractivity contribution in [2.75, 3.05) is 19.8 Å². The highest BCUT2D eigenvalue weighted by Gasteiger charge is 2.28. The number of hydroxylamine groups is 2. The highest BCUT2D eigenvalue weighted by atomic mass is 16.6. The minimum atomic E-state index is -0.210. The highest BCUT2D eigenvalue weighted by Crippen LogP contribution is 2.31. The van der Waals surface area contributed by atoms with Crippen LogP contribution in [0.1, 0.15) is 16.7 Å². The lowest BCUT2D eigenvalue weighted by Crippen LogP contribution is -2.42. The second-order valence-electron chi connectivity index (χ2n) is 4.52. The number of nitrogens with one attached hydrogen (secondary N) is 1. The minimum absolute atomic E-state index is 0.210. The molecule has 1 unspecified atom stereocenters. The fourth-order valence-corrected chi connectivity index (χ4v) is 2.60. The van der Waals surface area contributed by atoms with Crippen LogP contribution in [0, 0.1) is 26.0 Å². The number of benzene rings is 1. The topological polar surface area (TPSA) is 35.1 Å². The Morgan fingerprint density at radius 3 is 2.27 bits per heavy atom. The van der Waals surface area contributed by atoms with Crippen molar-refractivity contribution < 1.29 is 0 Å². The first-order chi connectivity index (χ1) is 7.03. The van der Waals surface area contributed by atoms with E-state index in [-0.39, 0.29) is 4.65 Å². The van der Waals surface area contributed by atoms with E-state index < -0.39 is 0 Å². The molecule has 0 radical (unpaired) electrons. The van der Waals surface area contributed by atoms with E-state index in [9.17, 15) is 5.21 Å². The molecule has 1 fully saturated rings. The van der Waals surface area contributed by atoms with Crippen molar-refractivity contribution in [2.45, 2.75) is 20.8 Å². The summed E-state index contributed by atoms with van der Waals surface area (Å²) in [5.74, 6) is 0. The van der Waals surface area contributed by atoms with E-state index in [1.54, 1.807) is 0 Å². The Labute approximate surface area is 90.9 Å². The molecule has 1 aromatic rings. The van der Waals surface area contributed by atoms with Crippen molar-refractivity contribution in [3.63, 3.8) is 0 Å². The Kier molecular flexibility index (Phi) is 2.54. The van der Waals surface area contributed by atoms with Gasteiger partial charge in [-0.1, -0.05) is 17.7 Å². The summed E-state index contributed by atoms with van der Waals surface area (Å²) in [5, 5.41) is 15.7. The zero-order valence-electron chi connectivity index (χ0n) is 9.63. The Bertz CT molecular complexity index is 358. The van der Waals surface area contributed by atoms with Crippen molar-refractivity contribution in [1.82, 2.24) is 9.96 Å². The molecule has 3 nitrogen and oxygen atoms in total. The third kappa shape index (κ3) is 1.78. The molecule has 0 saturated carbocycles. The van der Waals surface area contributed by atoms with E-state index in [1.807, 2.05) is 13.8 Å². The number of rotatable bonds is 1. The molecule has 15 heavy (non-hydrogen) atoms. The van der Waals surface area contributed by atoms with Crippen LogP contribution in [-0.4, -0.2) is 19.8 Å². The molecular weight excluding hydrogens is 188 g/mol. The summed E-state index contributed by atoms with van der Waals surface area (Å²) in [6, 6.07) is 4.19. The van der Waals surface area contributed by atoms with E-state index in [1.165, 1.54) is 5.56 Å². The Morgan fingerprint density at radius 2 is 1.80 bits per heavy atom. The molecule has 0 aliphatic carbocycles. The monoisotopic (exact) mass is 206 g/mol. The normalized spacial score (nSPS) is 25.9. The number of hydrogen-bond acceptors (Lipinski definition) is 2. The maximum Gasteiger partial charge on any atom is 0.139 e. The fourth-order valence-electron chi connectivity index (χ4n) is 2.60. The van der Waals surface area contributed by atoms with Crippen LogP contribution < -0.4 is 9.96 Å². The summed E-state index contributed by atoms with van der Waals surface area (Å²) in [6.45, 7) is 8.10. The van der Waals surface area contributed by atoms with Gasteiger partial charge in [-0.3, -0.25) is 5.32 Å². The molecule has 1 aliphatic heterocycles. The lowest BCUT2D eigenvalue weighted by molar-refractivity contribution is 0.445. The first-order valence-electron chi connectivity index (χ1n) is 5.40. The third-order valence-electron chi connectivity index (χ3n) is 3.06. The van der Waals surface area contributed by atoms with Gasteiger partial charge in [-0.2, -0.15) is 0 Å². The molecule has 0 spiro atoms.